The third kappa shape index (κ3) is 4.17. The fraction of sp³-hybridized carbons (Fsp3) is 0.381. The van der Waals surface area contributed by atoms with Crippen LogP contribution in [0.15, 0.2) is 42.5 Å². The smallest absolute Gasteiger partial charge is 0.255 e. The van der Waals surface area contributed by atoms with Gasteiger partial charge in [-0.2, -0.15) is 0 Å². The molecule has 1 fully saturated rings. The number of nitrogens with one attached hydrogen (secondary N) is 1. The van der Waals surface area contributed by atoms with Gasteiger partial charge in [-0.1, -0.05) is 26.0 Å². The fourth-order valence-corrected chi connectivity index (χ4v) is 3.03. The lowest BCUT2D eigenvalue weighted by molar-refractivity contribution is 0.102. The molecule has 3 rings (SSSR count). The monoisotopic (exact) mass is 354 g/mol. The number of methoxy groups -OCH3 is 1. The maximum atomic E-state index is 12.7. The molecule has 1 saturated heterocycles. The van der Waals surface area contributed by atoms with Crippen molar-refractivity contribution in [2.24, 2.45) is 0 Å². The summed E-state index contributed by atoms with van der Waals surface area (Å²) in [7, 11) is 1.61. The second-order valence-electron chi connectivity index (χ2n) is 6.71. The molecule has 138 valence electrons. The molecule has 0 atom stereocenters. The van der Waals surface area contributed by atoms with Crippen LogP contribution in [0.4, 0.5) is 11.4 Å². The molecular weight excluding hydrogens is 328 g/mol. The first-order valence-electron chi connectivity index (χ1n) is 9.00. The molecule has 1 amide bonds. The Bertz CT molecular complexity index is 750. The number of benzene rings is 2. The Hall–Kier alpha value is -2.53. The summed E-state index contributed by atoms with van der Waals surface area (Å²) >= 11 is 0. The van der Waals surface area contributed by atoms with Crippen LogP contribution in [0, 0.1) is 0 Å². The lowest BCUT2D eigenvalue weighted by Crippen LogP contribution is -2.36. The van der Waals surface area contributed by atoms with Crippen molar-refractivity contribution in [2.45, 2.75) is 19.8 Å². The molecule has 2 aromatic rings. The molecular formula is C21H26N2O3. The third-order valence-corrected chi connectivity index (χ3v) is 4.65. The molecule has 1 aliphatic heterocycles. The molecule has 0 aromatic heterocycles. The average Bonchev–Trinajstić information content (AvgIpc) is 2.68. The fourth-order valence-electron chi connectivity index (χ4n) is 3.03. The quantitative estimate of drug-likeness (QED) is 0.884. The Labute approximate surface area is 154 Å². The largest absolute Gasteiger partial charge is 0.495 e. The number of rotatable bonds is 5. The maximum Gasteiger partial charge on any atom is 0.255 e. The number of hydrogen-bond donors (Lipinski definition) is 1. The highest BCUT2D eigenvalue weighted by atomic mass is 16.5. The van der Waals surface area contributed by atoms with Crippen molar-refractivity contribution < 1.29 is 14.3 Å². The summed E-state index contributed by atoms with van der Waals surface area (Å²) in [5, 5.41) is 2.98. The topological polar surface area (TPSA) is 50.8 Å². The zero-order valence-electron chi connectivity index (χ0n) is 15.6. The predicted octanol–water partition coefficient (Wildman–Crippen LogP) is 3.91. The van der Waals surface area contributed by atoms with Crippen molar-refractivity contribution in [3.63, 3.8) is 0 Å². The summed E-state index contributed by atoms with van der Waals surface area (Å²) in [4.78, 5) is 14.9. The van der Waals surface area contributed by atoms with Gasteiger partial charge in [0, 0.05) is 24.3 Å². The van der Waals surface area contributed by atoms with Crippen molar-refractivity contribution in [3.05, 3.63) is 53.6 Å². The number of ether oxygens (including phenoxy) is 2. The summed E-state index contributed by atoms with van der Waals surface area (Å²) in [5.41, 5.74) is 3.58. The summed E-state index contributed by atoms with van der Waals surface area (Å²) in [6, 6.07) is 13.6. The van der Waals surface area contributed by atoms with E-state index in [0.717, 1.165) is 32.0 Å². The van der Waals surface area contributed by atoms with Crippen LogP contribution >= 0.6 is 0 Å². The Balaban J connectivity index is 1.79. The highest BCUT2D eigenvalue weighted by Crippen LogP contribution is 2.30. The van der Waals surface area contributed by atoms with E-state index in [1.807, 2.05) is 42.5 Å². The van der Waals surface area contributed by atoms with Gasteiger partial charge in [-0.25, -0.2) is 0 Å². The maximum absolute atomic E-state index is 12.7. The molecule has 5 heteroatoms. The normalized spacial score (nSPS) is 14.4. The third-order valence-electron chi connectivity index (χ3n) is 4.65. The Kier molecular flexibility index (Phi) is 5.78. The summed E-state index contributed by atoms with van der Waals surface area (Å²) in [6.45, 7) is 7.40. The molecule has 1 heterocycles. The van der Waals surface area contributed by atoms with E-state index < -0.39 is 0 Å². The minimum absolute atomic E-state index is 0.141. The van der Waals surface area contributed by atoms with Crippen molar-refractivity contribution in [1.29, 1.82) is 0 Å². The predicted molar refractivity (Wildman–Crippen MR) is 105 cm³/mol. The SMILES string of the molecule is COc1ccc(N2CCOCC2)cc1NC(=O)c1ccc(C(C)C)cc1. The van der Waals surface area contributed by atoms with Crippen molar-refractivity contribution in [2.75, 3.05) is 43.6 Å². The summed E-state index contributed by atoms with van der Waals surface area (Å²) < 4.78 is 10.8. The van der Waals surface area contributed by atoms with Gasteiger partial charge in [0.15, 0.2) is 0 Å². The first-order valence-corrected chi connectivity index (χ1v) is 9.00. The van der Waals surface area contributed by atoms with E-state index >= 15 is 0 Å². The van der Waals surface area contributed by atoms with E-state index in [1.54, 1.807) is 7.11 Å². The summed E-state index contributed by atoms with van der Waals surface area (Å²) in [6.07, 6.45) is 0. The van der Waals surface area contributed by atoms with Gasteiger partial charge < -0.3 is 19.7 Å². The Morgan fingerprint density at radius 1 is 1.12 bits per heavy atom. The highest BCUT2D eigenvalue weighted by molar-refractivity contribution is 6.05. The minimum Gasteiger partial charge on any atom is -0.495 e. The number of carbonyl (C=O) groups is 1. The van der Waals surface area contributed by atoms with Gasteiger partial charge in [0.25, 0.3) is 5.91 Å². The van der Waals surface area contributed by atoms with Gasteiger partial charge in [0.05, 0.1) is 26.0 Å². The highest BCUT2D eigenvalue weighted by Gasteiger charge is 2.15. The van der Waals surface area contributed by atoms with Crippen LogP contribution < -0.4 is 15.0 Å². The number of hydrogen-bond acceptors (Lipinski definition) is 4. The van der Waals surface area contributed by atoms with E-state index in [2.05, 4.69) is 24.1 Å². The zero-order chi connectivity index (χ0) is 18.5. The number of carbonyl (C=O) groups excluding carboxylic acids is 1. The van der Waals surface area contributed by atoms with E-state index in [-0.39, 0.29) is 5.91 Å². The van der Waals surface area contributed by atoms with Gasteiger partial charge in [0.2, 0.25) is 0 Å². The molecule has 0 spiro atoms. The molecule has 0 radical (unpaired) electrons. The number of morpholine rings is 1. The van der Waals surface area contributed by atoms with E-state index in [0.29, 0.717) is 22.9 Å². The molecule has 1 N–H and O–H groups in total. The second-order valence-corrected chi connectivity index (χ2v) is 6.71. The van der Waals surface area contributed by atoms with E-state index in [4.69, 9.17) is 9.47 Å². The van der Waals surface area contributed by atoms with Crippen LogP contribution in [0.5, 0.6) is 5.75 Å². The molecule has 5 nitrogen and oxygen atoms in total. The average molecular weight is 354 g/mol. The van der Waals surface area contributed by atoms with Gasteiger partial charge >= 0.3 is 0 Å². The molecule has 2 aromatic carbocycles. The first-order chi connectivity index (χ1) is 12.6. The van der Waals surface area contributed by atoms with Crippen LogP contribution in [0.25, 0.3) is 0 Å². The first kappa shape index (κ1) is 18.3. The van der Waals surface area contributed by atoms with Crippen LogP contribution in [0.1, 0.15) is 35.7 Å². The van der Waals surface area contributed by atoms with Crippen LogP contribution in [0.3, 0.4) is 0 Å². The lowest BCUT2D eigenvalue weighted by Gasteiger charge is -2.29. The molecule has 0 saturated carbocycles. The van der Waals surface area contributed by atoms with Gasteiger partial charge in [-0.05, 0) is 41.8 Å². The number of anilines is 2. The zero-order valence-corrected chi connectivity index (χ0v) is 15.6. The summed E-state index contributed by atoms with van der Waals surface area (Å²) in [5.74, 6) is 0.948. The van der Waals surface area contributed by atoms with Crippen molar-refractivity contribution >= 4 is 17.3 Å². The molecule has 1 aliphatic rings. The Morgan fingerprint density at radius 3 is 2.42 bits per heavy atom. The van der Waals surface area contributed by atoms with E-state index in [9.17, 15) is 4.79 Å². The van der Waals surface area contributed by atoms with Gasteiger partial charge in [-0.3, -0.25) is 4.79 Å². The van der Waals surface area contributed by atoms with Crippen molar-refractivity contribution in [1.82, 2.24) is 0 Å². The van der Waals surface area contributed by atoms with Crippen LogP contribution in [-0.2, 0) is 4.74 Å². The second kappa shape index (κ2) is 8.23. The standard InChI is InChI=1S/C21H26N2O3/c1-15(2)16-4-6-17(7-5-16)21(24)22-19-14-18(8-9-20(19)25-3)23-10-12-26-13-11-23/h4-9,14-15H,10-13H2,1-3H3,(H,22,24). The molecule has 26 heavy (non-hydrogen) atoms. The molecule has 0 aliphatic carbocycles. The molecule has 0 bridgehead atoms. The lowest BCUT2D eigenvalue weighted by atomic mass is 10.0. The molecule has 0 unspecified atom stereocenters. The Morgan fingerprint density at radius 2 is 1.81 bits per heavy atom. The van der Waals surface area contributed by atoms with Gasteiger partial charge in [0.1, 0.15) is 5.75 Å². The van der Waals surface area contributed by atoms with Crippen LogP contribution in [0.2, 0.25) is 0 Å². The van der Waals surface area contributed by atoms with E-state index in [1.165, 1.54) is 5.56 Å². The number of amides is 1. The minimum atomic E-state index is -0.141. The van der Waals surface area contributed by atoms with Crippen molar-refractivity contribution in [3.8, 4) is 5.75 Å². The van der Waals surface area contributed by atoms with Gasteiger partial charge in [-0.15, -0.1) is 0 Å². The van der Waals surface area contributed by atoms with Crippen LogP contribution in [-0.4, -0.2) is 39.3 Å². The number of nitrogens with zero attached hydrogens (tertiary/aromatic N) is 1.